The number of carbonyl (C=O) groups excluding carboxylic acids is 1. The van der Waals surface area contributed by atoms with Crippen molar-refractivity contribution in [1.82, 2.24) is 0 Å². The molecule has 0 atom stereocenters. The molecule has 0 aromatic heterocycles. The van der Waals surface area contributed by atoms with Gasteiger partial charge >= 0.3 is 0 Å². The molecule has 0 N–H and O–H groups in total. The first-order valence-electron chi connectivity index (χ1n) is 8.06. The zero-order chi connectivity index (χ0) is 18.0. The maximum Gasteiger partial charge on any atom is 0.270 e. The van der Waals surface area contributed by atoms with Gasteiger partial charge < -0.3 is 4.74 Å². The second-order valence-corrected chi connectivity index (χ2v) is 7.68. The molecule has 1 heterocycles. The first-order valence-corrected chi connectivity index (χ1v) is 9.29. The van der Waals surface area contributed by atoms with Gasteiger partial charge in [-0.25, -0.2) is 0 Å². The fourth-order valence-corrected chi connectivity index (χ4v) is 3.87. The van der Waals surface area contributed by atoms with Gasteiger partial charge in [0.25, 0.3) is 5.91 Å². The maximum atomic E-state index is 12.9. The van der Waals surface area contributed by atoms with Crippen LogP contribution in [0.25, 0.3) is 6.08 Å². The largest absolute Gasteiger partial charge is 0.490 e. The molecule has 0 bridgehead atoms. The highest BCUT2D eigenvalue weighted by atomic mass is 32.2. The normalized spacial score (nSPS) is 16.2. The van der Waals surface area contributed by atoms with Crippen LogP contribution in [0.2, 0.25) is 0 Å². The zero-order valence-corrected chi connectivity index (χ0v) is 16.0. The third kappa shape index (κ3) is 3.78. The van der Waals surface area contributed by atoms with Crippen molar-refractivity contribution in [2.75, 3.05) is 4.90 Å². The molecule has 0 spiro atoms. The van der Waals surface area contributed by atoms with Gasteiger partial charge in [0.1, 0.15) is 5.75 Å². The summed E-state index contributed by atoms with van der Waals surface area (Å²) in [6.45, 7) is 5.94. The van der Waals surface area contributed by atoms with Crippen molar-refractivity contribution in [1.29, 1.82) is 0 Å². The van der Waals surface area contributed by atoms with Gasteiger partial charge in [0.15, 0.2) is 4.32 Å². The number of ether oxygens (including phenoxy) is 1. The van der Waals surface area contributed by atoms with Crippen LogP contribution in [-0.2, 0) is 4.79 Å². The molecule has 2 aromatic rings. The van der Waals surface area contributed by atoms with E-state index in [0.29, 0.717) is 9.23 Å². The van der Waals surface area contributed by atoms with E-state index in [0.717, 1.165) is 22.6 Å². The van der Waals surface area contributed by atoms with Gasteiger partial charge in [-0.3, -0.25) is 9.69 Å². The summed E-state index contributed by atoms with van der Waals surface area (Å²) in [5.74, 6) is 0.669. The molecule has 1 aliphatic heterocycles. The predicted octanol–water partition coefficient (Wildman–Crippen LogP) is 5.19. The monoisotopic (exact) mass is 369 g/mol. The van der Waals surface area contributed by atoms with E-state index in [-0.39, 0.29) is 12.0 Å². The Morgan fingerprint density at radius 2 is 1.80 bits per heavy atom. The van der Waals surface area contributed by atoms with E-state index in [1.165, 1.54) is 11.8 Å². The Kier molecular flexibility index (Phi) is 5.25. The molecule has 2 aromatic carbocycles. The number of thioether (sulfide) groups is 1. The van der Waals surface area contributed by atoms with Gasteiger partial charge in [0, 0.05) is 5.56 Å². The summed E-state index contributed by atoms with van der Waals surface area (Å²) in [6.07, 6.45) is 1.92. The quantitative estimate of drug-likeness (QED) is 0.548. The van der Waals surface area contributed by atoms with Crippen molar-refractivity contribution >= 4 is 46.0 Å². The van der Waals surface area contributed by atoms with Crippen LogP contribution in [0.4, 0.5) is 5.69 Å². The Bertz CT molecular complexity index is 858. The zero-order valence-electron chi connectivity index (χ0n) is 14.4. The predicted molar refractivity (Wildman–Crippen MR) is 109 cm³/mol. The van der Waals surface area contributed by atoms with Gasteiger partial charge in [-0.15, -0.1) is 0 Å². The molecular formula is C20H19NO2S2. The number of nitrogens with zero attached hydrogens (tertiary/aromatic N) is 1. The lowest BCUT2D eigenvalue weighted by Crippen LogP contribution is -2.28. The Morgan fingerprint density at radius 3 is 2.52 bits per heavy atom. The summed E-state index contributed by atoms with van der Waals surface area (Å²) in [7, 11) is 0. The average Bonchev–Trinajstić information content (AvgIpc) is 2.84. The molecule has 0 aliphatic carbocycles. The highest BCUT2D eigenvalue weighted by Crippen LogP contribution is 2.38. The van der Waals surface area contributed by atoms with Crippen molar-refractivity contribution in [2.24, 2.45) is 0 Å². The van der Waals surface area contributed by atoms with Crippen molar-refractivity contribution in [3.05, 3.63) is 64.6 Å². The van der Waals surface area contributed by atoms with Crippen LogP contribution in [0, 0.1) is 6.92 Å². The van der Waals surface area contributed by atoms with Gasteiger partial charge in [-0.1, -0.05) is 60.4 Å². The Hall–Kier alpha value is -2.11. The van der Waals surface area contributed by atoms with Gasteiger partial charge in [-0.2, -0.15) is 0 Å². The SMILES string of the molecule is Cc1ccccc1N1C(=O)/C(=C/c2ccccc2OC(C)C)SC1=S. The number of hydrogen-bond acceptors (Lipinski definition) is 4. The second-order valence-electron chi connectivity index (χ2n) is 6.01. The van der Waals surface area contributed by atoms with Crippen LogP contribution in [0.15, 0.2) is 53.4 Å². The second kappa shape index (κ2) is 7.42. The summed E-state index contributed by atoms with van der Waals surface area (Å²) >= 11 is 6.77. The lowest BCUT2D eigenvalue weighted by molar-refractivity contribution is -0.113. The van der Waals surface area contributed by atoms with E-state index in [1.54, 1.807) is 4.90 Å². The summed E-state index contributed by atoms with van der Waals surface area (Å²) < 4.78 is 6.39. The standard InChI is InChI=1S/C20H19NO2S2/c1-13(2)23-17-11-7-5-9-15(17)12-18-19(22)21(20(24)25-18)16-10-6-4-8-14(16)3/h4-13H,1-3H3/b18-12-. The number of amides is 1. The summed E-state index contributed by atoms with van der Waals surface area (Å²) in [6, 6.07) is 15.5. The number of aryl methyl sites for hydroxylation is 1. The van der Waals surface area contributed by atoms with E-state index in [4.69, 9.17) is 17.0 Å². The third-order valence-corrected chi connectivity index (χ3v) is 5.02. The fourth-order valence-electron chi connectivity index (χ4n) is 2.59. The number of carbonyl (C=O) groups is 1. The van der Waals surface area contributed by atoms with E-state index in [2.05, 4.69) is 0 Å². The van der Waals surface area contributed by atoms with E-state index < -0.39 is 0 Å². The fraction of sp³-hybridized carbons (Fsp3) is 0.200. The molecule has 128 valence electrons. The van der Waals surface area contributed by atoms with Crippen molar-refractivity contribution in [3.8, 4) is 5.75 Å². The highest BCUT2D eigenvalue weighted by molar-refractivity contribution is 8.27. The van der Waals surface area contributed by atoms with Crippen LogP contribution in [0.5, 0.6) is 5.75 Å². The van der Waals surface area contributed by atoms with Crippen molar-refractivity contribution < 1.29 is 9.53 Å². The molecule has 0 radical (unpaired) electrons. The molecule has 5 heteroatoms. The van der Waals surface area contributed by atoms with Crippen molar-refractivity contribution in [2.45, 2.75) is 26.9 Å². The van der Waals surface area contributed by atoms with Crippen molar-refractivity contribution in [3.63, 3.8) is 0 Å². The highest BCUT2D eigenvalue weighted by Gasteiger charge is 2.34. The van der Waals surface area contributed by atoms with E-state index >= 15 is 0 Å². The lowest BCUT2D eigenvalue weighted by atomic mass is 10.1. The molecule has 0 unspecified atom stereocenters. The van der Waals surface area contributed by atoms with Crippen LogP contribution in [0.3, 0.4) is 0 Å². The third-order valence-electron chi connectivity index (χ3n) is 3.72. The Balaban J connectivity index is 1.96. The first-order chi connectivity index (χ1) is 12.0. The molecule has 25 heavy (non-hydrogen) atoms. The van der Waals surface area contributed by atoms with E-state index in [1.807, 2.05) is 75.4 Å². The molecule has 3 nitrogen and oxygen atoms in total. The number of benzene rings is 2. The van der Waals surface area contributed by atoms with Crippen LogP contribution >= 0.6 is 24.0 Å². The van der Waals surface area contributed by atoms with E-state index in [9.17, 15) is 4.79 Å². The maximum absolute atomic E-state index is 12.9. The minimum atomic E-state index is -0.0938. The van der Waals surface area contributed by atoms with Gasteiger partial charge in [0.2, 0.25) is 0 Å². The smallest absolute Gasteiger partial charge is 0.270 e. The summed E-state index contributed by atoms with van der Waals surface area (Å²) in [5, 5.41) is 0. The van der Waals surface area contributed by atoms with Crippen LogP contribution < -0.4 is 9.64 Å². The van der Waals surface area contributed by atoms with Gasteiger partial charge in [-0.05, 0) is 44.5 Å². The Morgan fingerprint density at radius 1 is 1.12 bits per heavy atom. The van der Waals surface area contributed by atoms with Crippen LogP contribution in [-0.4, -0.2) is 16.3 Å². The minimum absolute atomic E-state index is 0.0658. The molecular weight excluding hydrogens is 350 g/mol. The molecule has 3 rings (SSSR count). The topological polar surface area (TPSA) is 29.5 Å². The molecule has 1 fully saturated rings. The molecule has 0 saturated carbocycles. The first kappa shape index (κ1) is 17.7. The lowest BCUT2D eigenvalue weighted by Gasteiger charge is -2.16. The summed E-state index contributed by atoms with van der Waals surface area (Å²) in [5.41, 5.74) is 2.73. The number of thiocarbonyl (C=S) groups is 1. The Labute approximate surface area is 157 Å². The number of para-hydroxylation sites is 2. The average molecular weight is 370 g/mol. The molecule has 1 aliphatic rings. The number of hydrogen-bond donors (Lipinski definition) is 0. The van der Waals surface area contributed by atoms with Gasteiger partial charge in [0.05, 0.1) is 16.7 Å². The molecule has 1 saturated heterocycles. The number of anilines is 1. The molecule has 1 amide bonds. The number of rotatable bonds is 4. The van der Waals surface area contributed by atoms with Crippen LogP contribution in [0.1, 0.15) is 25.0 Å². The minimum Gasteiger partial charge on any atom is -0.490 e. The summed E-state index contributed by atoms with van der Waals surface area (Å²) in [4.78, 5) is 15.1.